The molecule has 1 nitrogen and oxygen atoms in total. The summed E-state index contributed by atoms with van der Waals surface area (Å²) in [6.07, 6.45) is -4.71. The molecule has 2 N–H and O–H groups in total. The minimum absolute atomic E-state index is 0.216. The Morgan fingerprint density at radius 2 is 1.86 bits per heavy atom. The van der Waals surface area contributed by atoms with Gasteiger partial charge in [-0.05, 0) is 11.6 Å². The Morgan fingerprint density at radius 1 is 1.29 bits per heavy atom. The molecule has 14 heavy (non-hydrogen) atoms. The minimum Gasteiger partial charge on any atom is -0.396 e. The number of benzene rings is 1. The molecule has 0 unspecified atom stereocenters. The summed E-state index contributed by atoms with van der Waals surface area (Å²) >= 11 is 2.99. The monoisotopic (exact) mass is 271 g/mol. The summed E-state index contributed by atoms with van der Waals surface area (Å²) in [6.45, 7) is 0. The molecule has 1 aromatic carbocycles. The maximum absolute atomic E-state index is 13.1. The first-order valence-electron chi connectivity index (χ1n) is 3.58. The molecule has 0 aliphatic rings. The predicted molar refractivity (Wildman–Crippen MR) is 48.4 cm³/mol. The van der Waals surface area contributed by atoms with Crippen molar-refractivity contribution in [1.82, 2.24) is 0 Å². The standard InChI is InChI=1S/C8H6BrF4N/c9-3-4-1-2-5(8(11,12)13)6(10)7(4)14/h1-2H,3,14H2. The Morgan fingerprint density at radius 3 is 2.29 bits per heavy atom. The second kappa shape index (κ2) is 3.76. The van der Waals surface area contributed by atoms with Gasteiger partial charge in [-0.3, -0.25) is 0 Å². The molecule has 0 atom stereocenters. The topological polar surface area (TPSA) is 26.0 Å². The van der Waals surface area contributed by atoms with Gasteiger partial charge in [-0.1, -0.05) is 22.0 Å². The molecule has 1 aromatic rings. The van der Waals surface area contributed by atoms with Crippen LogP contribution in [-0.4, -0.2) is 0 Å². The number of nitrogen functional groups attached to an aromatic ring is 1. The van der Waals surface area contributed by atoms with E-state index in [-0.39, 0.29) is 5.33 Å². The number of nitrogens with two attached hydrogens (primary N) is 1. The number of rotatable bonds is 1. The molecular formula is C8H6BrF4N. The van der Waals surface area contributed by atoms with Crippen molar-refractivity contribution >= 4 is 21.6 Å². The molecule has 0 amide bonds. The van der Waals surface area contributed by atoms with Crippen molar-refractivity contribution in [2.45, 2.75) is 11.5 Å². The lowest BCUT2D eigenvalue weighted by molar-refractivity contribution is -0.139. The van der Waals surface area contributed by atoms with E-state index in [1.165, 1.54) is 0 Å². The lowest BCUT2D eigenvalue weighted by atomic mass is 10.1. The zero-order chi connectivity index (χ0) is 10.9. The van der Waals surface area contributed by atoms with Crippen LogP contribution in [0.1, 0.15) is 11.1 Å². The molecule has 78 valence electrons. The fourth-order valence-corrected chi connectivity index (χ4v) is 1.46. The number of halogens is 5. The summed E-state index contributed by atoms with van der Waals surface area (Å²) in [6, 6.07) is 1.83. The van der Waals surface area contributed by atoms with Gasteiger partial charge in [-0.2, -0.15) is 13.2 Å². The molecule has 0 heterocycles. The molecule has 0 radical (unpaired) electrons. The fraction of sp³-hybridized carbons (Fsp3) is 0.250. The maximum Gasteiger partial charge on any atom is 0.419 e. The molecule has 6 heteroatoms. The quantitative estimate of drug-likeness (QED) is 0.473. The van der Waals surface area contributed by atoms with Crippen molar-refractivity contribution in [3.63, 3.8) is 0 Å². The Bertz CT molecular complexity index is 348. The van der Waals surface area contributed by atoms with Crippen molar-refractivity contribution in [3.8, 4) is 0 Å². The lowest BCUT2D eigenvalue weighted by Crippen LogP contribution is -2.11. The van der Waals surface area contributed by atoms with Crippen molar-refractivity contribution in [1.29, 1.82) is 0 Å². The van der Waals surface area contributed by atoms with Gasteiger partial charge in [-0.15, -0.1) is 0 Å². The van der Waals surface area contributed by atoms with Crippen LogP contribution in [0, 0.1) is 5.82 Å². The summed E-state index contributed by atoms with van der Waals surface area (Å²) in [5.74, 6) is -1.41. The van der Waals surface area contributed by atoms with E-state index in [1.54, 1.807) is 0 Å². The van der Waals surface area contributed by atoms with E-state index >= 15 is 0 Å². The molecule has 0 bridgehead atoms. The Balaban J connectivity index is 3.31. The minimum atomic E-state index is -4.71. The largest absolute Gasteiger partial charge is 0.419 e. The molecule has 1 rings (SSSR count). The average molecular weight is 272 g/mol. The van der Waals surface area contributed by atoms with E-state index in [4.69, 9.17) is 5.73 Å². The summed E-state index contributed by atoms with van der Waals surface area (Å²) in [5, 5.41) is 0.216. The third-order valence-corrected chi connectivity index (χ3v) is 2.32. The van der Waals surface area contributed by atoms with Crippen LogP contribution >= 0.6 is 15.9 Å². The smallest absolute Gasteiger partial charge is 0.396 e. The van der Waals surface area contributed by atoms with Gasteiger partial charge in [0.15, 0.2) is 5.82 Å². The second-order valence-corrected chi connectivity index (χ2v) is 3.19. The van der Waals surface area contributed by atoms with E-state index in [9.17, 15) is 17.6 Å². The highest BCUT2D eigenvalue weighted by Gasteiger charge is 2.35. The molecular weight excluding hydrogens is 266 g/mol. The highest BCUT2D eigenvalue weighted by atomic mass is 79.9. The highest BCUT2D eigenvalue weighted by Crippen LogP contribution is 2.34. The van der Waals surface area contributed by atoms with Gasteiger partial charge in [0.2, 0.25) is 0 Å². The molecule has 0 spiro atoms. The van der Waals surface area contributed by atoms with Crippen LogP contribution in [0.5, 0.6) is 0 Å². The average Bonchev–Trinajstić information content (AvgIpc) is 2.07. The van der Waals surface area contributed by atoms with E-state index < -0.39 is 23.2 Å². The van der Waals surface area contributed by atoms with Crippen LogP contribution in [0.4, 0.5) is 23.2 Å². The van der Waals surface area contributed by atoms with Gasteiger partial charge in [0.1, 0.15) is 0 Å². The maximum atomic E-state index is 13.1. The first kappa shape index (κ1) is 11.3. The summed E-state index contributed by atoms with van der Waals surface area (Å²) in [4.78, 5) is 0. The third-order valence-electron chi connectivity index (χ3n) is 1.72. The summed E-state index contributed by atoms with van der Waals surface area (Å²) in [5.41, 5.74) is 3.69. The van der Waals surface area contributed by atoms with Gasteiger partial charge in [0.25, 0.3) is 0 Å². The third kappa shape index (κ3) is 2.00. The van der Waals surface area contributed by atoms with Gasteiger partial charge in [0, 0.05) is 5.33 Å². The number of hydrogen-bond donors (Lipinski definition) is 1. The number of alkyl halides is 4. The number of anilines is 1. The summed E-state index contributed by atoms with van der Waals surface area (Å²) in [7, 11) is 0. The van der Waals surface area contributed by atoms with Crippen molar-refractivity contribution in [2.24, 2.45) is 0 Å². The zero-order valence-electron chi connectivity index (χ0n) is 6.83. The second-order valence-electron chi connectivity index (χ2n) is 2.63. The first-order chi connectivity index (χ1) is 6.38. The molecule has 0 saturated heterocycles. The van der Waals surface area contributed by atoms with Crippen LogP contribution in [0.3, 0.4) is 0 Å². The van der Waals surface area contributed by atoms with Crippen LogP contribution < -0.4 is 5.73 Å². The van der Waals surface area contributed by atoms with Crippen LogP contribution in [0.15, 0.2) is 12.1 Å². The molecule has 0 fully saturated rings. The normalized spacial score (nSPS) is 11.8. The predicted octanol–water partition coefficient (Wildman–Crippen LogP) is 3.32. The van der Waals surface area contributed by atoms with Crippen LogP contribution in [0.25, 0.3) is 0 Å². The van der Waals surface area contributed by atoms with E-state index in [0.717, 1.165) is 6.07 Å². The Kier molecular flexibility index (Phi) is 3.04. The van der Waals surface area contributed by atoms with E-state index in [1.807, 2.05) is 0 Å². The van der Waals surface area contributed by atoms with E-state index in [0.29, 0.717) is 11.6 Å². The van der Waals surface area contributed by atoms with Crippen LogP contribution in [0.2, 0.25) is 0 Å². The highest BCUT2D eigenvalue weighted by molar-refractivity contribution is 9.08. The zero-order valence-corrected chi connectivity index (χ0v) is 8.41. The molecule has 0 aliphatic carbocycles. The van der Waals surface area contributed by atoms with Crippen LogP contribution in [-0.2, 0) is 11.5 Å². The van der Waals surface area contributed by atoms with Gasteiger partial charge in [-0.25, -0.2) is 4.39 Å². The van der Waals surface area contributed by atoms with Gasteiger partial charge in [0.05, 0.1) is 11.3 Å². The van der Waals surface area contributed by atoms with Crippen molar-refractivity contribution in [2.75, 3.05) is 5.73 Å². The van der Waals surface area contributed by atoms with E-state index in [2.05, 4.69) is 15.9 Å². The first-order valence-corrected chi connectivity index (χ1v) is 4.70. The number of hydrogen-bond acceptors (Lipinski definition) is 1. The Labute approximate surface area is 86.0 Å². The summed E-state index contributed by atoms with van der Waals surface area (Å²) < 4.78 is 49.6. The van der Waals surface area contributed by atoms with Gasteiger partial charge < -0.3 is 5.73 Å². The molecule has 0 aliphatic heterocycles. The SMILES string of the molecule is Nc1c(CBr)ccc(C(F)(F)F)c1F. The molecule has 0 aromatic heterocycles. The van der Waals surface area contributed by atoms with Gasteiger partial charge >= 0.3 is 6.18 Å². The van der Waals surface area contributed by atoms with Crippen molar-refractivity contribution < 1.29 is 17.6 Å². The Hall–Kier alpha value is -0.780. The lowest BCUT2D eigenvalue weighted by Gasteiger charge is -2.11. The molecule has 0 saturated carbocycles. The fourth-order valence-electron chi connectivity index (χ4n) is 0.968. The van der Waals surface area contributed by atoms with Crippen molar-refractivity contribution in [3.05, 3.63) is 29.1 Å².